The number of H-pyrrole nitrogens is 2. The molecule has 0 fully saturated rings. The fourth-order valence-corrected chi connectivity index (χ4v) is 13.4. The number of unbranched alkanes of at least 4 members (excludes halogenated alkanes) is 3. The van der Waals surface area contributed by atoms with Crippen LogP contribution in [0, 0.1) is 0 Å². The van der Waals surface area contributed by atoms with Gasteiger partial charge in [0.1, 0.15) is 0 Å². The van der Waals surface area contributed by atoms with Gasteiger partial charge in [0.25, 0.3) is 0 Å². The smallest absolute Gasteiger partial charge is 0.0737 e. The first kappa shape index (κ1) is 58.6. The molecule has 4 nitrogen and oxygen atoms in total. The van der Waals surface area contributed by atoms with Gasteiger partial charge in [0.2, 0.25) is 0 Å². The van der Waals surface area contributed by atoms with E-state index in [1.54, 1.807) is 0 Å². The highest BCUT2D eigenvalue weighted by molar-refractivity contribution is 6.28. The molecule has 12 rings (SSSR count). The second kappa shape index (κ2) is 22.5. The Bertz CT molecular complexity index is 4320. The third-order valence-corrected chi connectivity index (χ3v) is 18.5. The van der Waals surface area contributed by atoms with Crippen molar-refractivity contribution in [1.29, 1.82) is 0 Å². The summed E-state index contributed by atoms with van der Waals surface area (Å²) in [5.74, 6) is 0. The monoisotopic (exact) mass is 1130 g/mol. The number of hydrogen-bond donors (Lipinski definition) is 2. The highest BCUT2D eigenvalue weighted by atomic mass is 14.8. The van der Waals surface area contributed by atoms with Gasteiger partial charge >= 0.3 is 0 Å². The Morgan fingerprint density at radius 2 is 0.651 bits per heavy atom. The van der Waals surface area contributed by atoms with E-state index in [2.05, 4.69) is 266 Å². The number of aromatic amines is 2. The molecule has 0 radical (unpaired) electrons. The lowest BCUT2D eigenvalue weighted by atomic mass is 9.78. The molecule has 4 heteroatoms. The molecule has 438 valence electrons. The van der Waals surface area contributed by atoms with E-state index < -0.39 is 0 Å². The predicted octanol–water partition coefficient (Wildman–Crippen LogP) is 23.4. The van der Waals surface area contributed by atoms with Crippen molar-refractivity contribution in [3.63, 3.8) is 0 Å². The van der Waals surface area contributed by atoms with Crippen LogP contribution in [0.4, 0.5) is 0 Å². The van der Waals surface area contributed by atoms with Crippen LogP contribution in [0.3, 0.4) is 0 Å². The van der Waals surface area contributed by atoms with Gasteiger partial charge in [-0.3, -0.25) is 0 Å². The van der Waals surface area contributed by atoms with Gasteiger partial charge in [-0.25, -0.2) is 9.97 Å². The van der Waals surface area contributed by atoms with E-state index in [0.29, 0.717) is 0 Å². The normalized spacial score (nSPS) is 13.2. The molecule has 2 N–H and O–H groups in total. The molecule has 0 unspecified atom stereocenters. The van der Waals surface area contributed by atoms with Crippen molar-refractivity contribution in [1.82, 2.24) is 19.9 Å². The van der Waals surface area contributed by atoms with E-state index >= 15 is 0 Å². The van der Waals surface area contributed by atoms with E-state index in [1.807, 2.05) is 0 Å². The number of hydrogen-bond acceptors (Lipinski definition) is 2. The lowest BCUT2D eigenvalue weighted by molar-refractivity contribution is 0.568. The molecule has 0 saturated heterocycles. The lowest BCUT2D eigenvalue weighted by Gasteiger charge is -2.26. The largest absolute Gasteiger partial charge is 0.354 e. The number of nitrogens with one attached hydrogen (secondary N) is 2. The predicted molar refractivity (Wildman–Crippen MR) is 375 cm³/mol. The van der Waals surface area contributed by atoms with Crippen molar-refractivity contribution >= 4 is 78.7 Å². The van der Waals surface area contributed by atoms with Gasteiger partial charge in [-0.15, -0.1) is 0 Å². The van der Waals surface area contributed by atoms with E-state index in [9.17, 15) is 0 Å². The Morgan fingerprint density at radius 3 is 1.02 bits per heavy atom. The molecule has 10 aromatic rings. The van der Waals surface area contributed by atoms with Crippen molar-refractivity contribution < 1.29 is 0 Å². The van der Waals surface area contributed by atoms with Crippen LogP contribution in [0.5, 0.6) is 0 Å². The fraction of sp³-hybridized carbons (Fsp3) is 0.341. The summed E-state index contributed by atoms with van der Waals surface area (Å²) in [5, 5.41) is 8.27. The van der Waals surface area contributed by atoms with E-state index in [-0.39, 0.29) is 21.7 Å². The minimum Gasteiger partial charge on any atom is -0.354 e. The third-order valence-electron chi connectivity index (χ3n) is 18.5. The minimum absolute atomic E-state index is 0.0989. The summed E-state index contributed by atoms with van der Waals surface area (Å²) in [6.07, 6.45) is 19.1. The van der Waals surface area contributed by atoms with Crippen LogP contribution in [-0.4, -0.2) is 19.9 Å². The van der Waals surface area contributed by atoms with Crippen molar-refractivity contribution in [2.75, 3.05) is 0 Å². The van der Waals surface area contributed by atoms with Gasteiger partial charge in [0.05, 0.1) is 22.8 Å². The molecule has 2 aliphatic heterocycles. The summed E-state index contributed by atoms with van der Waals surface area (Å²) in [6, 6.07) is 49.5. The molecule has 7 aromatic carbocycles. The standard InChI is InChI=1S/C82H90N4/c1-16-19-25-51-42-52(26-20-17-2)61-32-33-63-64(47-53(27-21-18-3)62-31-30-60(51)76(61)77(62)63)78-71-40-38-69(85-71)74(54-43-56(79(4,5)6)48-57(44-54)80(7,8)9)67-36-34-65(83-67)73(50-28-23-22-24-29-50)66-35-37-68(84-66)75(70-39-41-72(78)86-70)55-45-58(81(10,11)12)49-59(46-55)82(13,14)15/h22-24,28-49,83,86H,16-21,25-27H2,1-15H3. The second-order valence-corrected chi connectivity index (χ2v) is 29.1. The third kappa shape index (κ3) is 11.0. The van der Waals surface area contributed by atoms with Crippen LogP contribution in [0.2, 0.25) is 0 Å². The Morgan fingerprint density at radius 1 is 0.326 bits per heavy atom. The van der Waals surface area contributed by atoms with Gasteiger partial charge in [-0.1, -0.05) is 220 Å². The zero-order chi connectivity index (χ0) is 60.6. The number of rotatable bonds is 13. The zero-order valence-electron chi connectivity index (χ0n) is 54.2. The molecule has 0 spiro atoms. The number of benzene rings is 7. The highest BCUT2D eigenvalue weighted by Crippen LogP contribution is 2.48. The Labute approximate surface area is 512 Å². The summed E-state index contributed by atoms with van der Waals surface area (Å²) in [7, 11) is 0. The fourth-order valence-electron chi connectivity index (χ4n) is 13.4. The highest BCUT2D eigenvalue weighted by Gasteiger charge is 2.28. The van der Waals surface area contributed by atoms with Crippen molar-refractivity contribution in [3.8, 4) is 44.5 Å². The topological polar surface area (TPSA) is 57.4 Å². The van der Waals surface area contributed by atoms with Crippen LogP contribution in [-0.2, 0) is 40.9 Å². The maximum absolute atomic E-state index is 6.01. The van der Waals surface area contributed by atoms with Crippen LogP contribution >= 0.6 is 0 Å². The second-order valence-electron chi connectivity index (χ2n) is 29.1. The molecule has 5 heterocycles. The van der Waals surface area contributed by atoms with Crippen molar-refractivity contribution in [2.24, 2.45) is 0 Å². The molecule has 8 bridgehead atoms. The summed E-state index contributed by atoms with van der Waals surface area (Å²) >= 11 is 0. The Balaban J connectivity index is 1.29. The van der Waals surface area contributed by atoms with E-state index in [1.165, 1.54) is 103 Å². The molecule has 0 amide bonds. The van der Waals surface area contributed by atoms with Gasteiger partial charge in [0, 0.05) is 44.3 Å². The first-order chi connectivity index (χ1) is 41.0. The number of nitrogens with zero attached hydrogens (tertiary/aromatic N) is 2. The average molecular weight is 1130 g/mol. The molecule has 0 atom stereocenters. The molecular weight excluding hydrogens is 1040 g/mol. The Kier molecular flexibility index (Phi) is 15.3. The average Bonchev–Trinajstić information content (AvgIpc) is 1.000. The van der Waals surface area contributed by atoms with Crippen LogP contribution in [0.15, 0.2) is 127 Å². The summed E-state index contributed by atoms with van der Waals surface area (Å²) in [6.45, 7) is 35.0. The summed E-state index contributed by atoms with van der Waals surface area (Å²) in [5.41, 5.74) is 25.8. The maximum atomic E-state index is 6.01. The van der Waals surface area contributed by atoms with Gasteiger partial charge in [-0.2, -0.15) is 0 Å². The zero-order valence-corrected chi connectivity index (χ0v) is 54.2. The van der Waals surface area contributed by atoms with E-state index in [4.69, 9.17) is 9.97 Å². The van der Waals surface area contributed by atoms with Crippen LogP contribution < -0.4 is 0 Å². The molecule has 2 aliphatic rings. The van der Waals surface area contributed by atoms with Gasteiger partial charge in [0.15, 0.2) is 0 Å². The van der Waals surface area contributed by atoms with Crippen LogP contribution in [0.1, 0.15) is 204 Å². The summed E-state index contributed by atoms with van der Waals surface area (Å²) < 4.78 is 0. The quantitative estimate of drug-likeness (QED) is 0.113. The minimum atomic E-state index is -0.0989. The number of fused-ring (bicyclic) bond motifs is 8. The molecule has 86 heavy (non-hydrogen) atoms. The molecule has 3 aromatic heterocycles. The SMILES string of the molecule is CCCCc1cc(CCCC)c2ccc3c(-c4c5nc(c(-c6cc(C(C)(C)C)cc(C(C)(C)C)c6)c6ccc([nH]6)c(-c6ccccc6)c6nc(c(-c7cc(C(C)(C)C)cc(C(C)(C)C)c7)c7ccc4[nH]7)C=C6)C=C5)cc(CCCC)c4ccc1c2c43. The maximum Gasteiger partial charge on any atom is 0.0737 e. The van der Waals surface area contributed by atoms with E-state index in [0.717, 1.165) is 116 Å². The Hall–Kier alpha value is -7.82. The van der Waals surface area contributed by atoms with Gasteiger partial charge in [-0.05, 0) is 208 Å². The van der Waals surface area contributed by atoms with Crippen molar-refractivity contribution in [3.05, 3.63) is 189 Å². The van der Waals surface area contributed by atoms with Crippen LogP contribution in [0.25, 0.3) is 123 Å². The number of aromatic nitrogens is 4. The lowest BCUT2D eigenvalue weighted by Crippen LogP contribution is -2.16. The first-order valence-corrected chi connectivity index (χ1v) is 32.3. The molecule has 0 aliphatic carbocycles. The van der Waals surface area contributed by atoms with Gasteiger partial charge < -0.3 is 9.97 Å². The first-order valence-electron chi connectivity index (χ1n) is 32.3. The van der Waals surface area contributed by atoms with Crippen molar-refractivity contribution in [2.45, 2.75) is 183 Å². The number of aryl methyl sites for hydroxylation is 3. The summed E-state index contributed by atoms with van der Waals surface area (Å²) in [4.78, 5) is 20.1. The molecular formula is C82H90N4. The molecule has 0 saturated carbocycles.